The van der Waals surface area contributed by atoms with E-state index >= 15 is 0 Å². The molecule has 0 radical (unpaired) electrons. The van der Waals surface area contributed by atoms with Crippen LogP contribution in [-0.4, -0.2) is 24.8 Å². The molecule has 0 N–H and O–H groups in total. The first-order valence-corrected chi connectivity index (χ1v) is 5.01. The zero-order valence-electron chi connectivity index (χ0n) is 9.07. The Morgan fingerprint density at radius 3 is 2.69 bits per heavy atom. The largest absolute Gasteiger partial charge is 0.382 e. The fourth-order valence-corrected chi connectivity index (χ4v) is 1.37. The number of nitriles is 1. The molecule has 0 heterocycles. The number of carbonyl (C=O) groups is 1. The maximum Gasteiger partial charge on any atom is 0.205 e. The summed E-state index contributed by atoms with van der Waals surface area (Å²) < 4.78 is 0. The molecule has 0 aromatic heterocycles. The van der Waals surface area contributed by atoms with Crippen LogP contribution < -0.4 is 0 Å². The molecule has 0 atom stereocenters. The Morgan fingerprint density at radius 2 is 2.19 bits per heavy atom. The number of Topliss-reactive ketones (excluding diaryl/α,β-unsaturated/α-hetero) is 1. The van der Waals surface area contributed by atoms with E-state index < -0.39 is 0 Å². The van der Waals surface area contributed by atoms with Gasteiger partial charge in [0.15, 0.2) is 0 Å². The van der Waals surface area contributed by atoms with Gasteiger partial charge in [0.2, 0.25) is 5.78 Å². The maximum absolute atomic E-state index is 11.9. The van der Waals surface area contributed by atoms with E-state index in [1.807, 2.05) is 6.07 Å². The average Bonchev–Trinajstić information content (AvgIpc) is 2.24. The molecule has 0 amide bonds. The molecule has 0 aliphatic carbocycles. The normalized spacial score (nSPS) is 10.8. The molecule has 0 aliphatic rings. The van der Waals surface area contributed by atoms with Gasteiger partial charge in [-0.15, -0.1) is 0 Å². The second kappa shape index (κ2) is 5.34. The van der Waals surface area contributed by atoms with Gasteiger partial charge in [-0.1, -0.05) is 23.7 Å². The van der Waals surface area contributed by atoms with Crippen molar-refractivity contribution in [3.05, 3.63) is 46.6 Å². The predicted molar refractivity (Wildman–Crippen MR) is 63.2 cm³/mol. The van der Waals surface area contributed by atoms with Gasteiger partial charge in [0, 0.05) is 30.9 Å². The lowest BCUT2D eigenvalue weighted by atomic mass is 10.1. The van der Waals surface area contributed by atoms with Gasteiger partial charge < -0.3 is 4.90 Å². The van der Waals surface area contributed by atoms with Gasteiger partial charge in [-0.2, -0.15) is 5.26 Å². The molecular weight excluding hydrogens is 224 g/mol. The lowest BCUT2D eigenvalue weighted by molar-refractivity contribution is 0.103. The van der Waals surface area contributed by atoms with Crippen LogP contribution in [0.2, 0.25) is 5.02 Å². The van der Waals surface area contributed by atoms with E-state index in [1.165, 1.54) is 6.20 Å². The highest BCUT2D eigenvalue weighted by Gasteiger charge is 2.12. The number of rotatable bonds is 3. The van der Waals surface area contributed by atoms with Crippen molar-refractivity contribution in [1.29, 1.82) is 5.26 Å². The summed E-state index contributed by atoms with van der Waals surface area (Å²) in [6.45, 7) is 0. The van der Waals surface area contributed by atoms with Crippen molar-refractivity contribution in [3.8, 4) is 6.07 Å². The van der Waals surface area contributed by atoms with Gasteiger partial charge in [-0.25, -0.2) is 0 Å². The molecule has 0 saturated heterocycles. The molecule has 0 spiro atoms. The standard InChI is InChI=1S/C12H11ClN2O/c1-15(2)8-10(7-14)12(16)9-4-3-5-11(13)6-9/h3-6,8H,1-2H3/b10-8+. The van der Waals surface area contributed by atoms with Crippen LogP contribution in [0.3, 0.4) is 0 Å². The van der Waals surface area contributed by atoms with Crippen molar-refractivity contribution in [2.45, 2.75) is 0 Å². The first-order valence-electron chi connectivity index (χ1n) is 4.63. The zero-order valence-corrected chi connectivity index (χ0v) is 9.82. The minimum absolute atomic E-state index is 0.0901. The SMILES string of the molecule is CN(C)/C=C(\C#N)C(=O)c1cccc(Cl)c1. The van der Waals surface area contributed by atoms with Gasteiger partial charge in [-0.05, 0) is 12.1 Å². The first-order chi connectivity index (χ1) is 7.54. The summed E-state index contributed by atoms with van der Waals surface area (Å²) in [7, 11) is 3.51. The zero-order chi connectivity index (χ0) is 12.1. The lowest BCUT2D eigenvalue weighted by Crippen LogP contribution is -2.08. The van der Waals surface area contributed by atoms with E-state index in [9.17, 15) is 4.79 Å². The van der Waals surface area contributed by atoms with E-state index in [0.717, 1.165) is 0 Å². The molecule has 1 aromatic carbocycles. The van der Waals surface area contributed by atoms with Crippen LogP contribution in [0.15, 0.2) is 36.0 Å². The molecule has 0 bridgehead atoms. The number of ketones is 1. The van der Waals surface area contributed by atoms with Crippen molar-refractivity contribution in [3.63, 3.8) is 0 Å². The molecule has 0 aliphatic heterocycles. The number of carbonyl (C=O) groups excluding carboxylic acids is 1. The smallest absolute Gasteiger partial charge is 0.205 e. The lowest BCUT2D eigenvalue weighted by Gasteiger charge is -2.06. The van der Waals surface area contributed by atoms with Crippen LogP contribution in [0.25, 0.3) is 0 Å². The maximum atomic E-state index is 11.9. The second-order valence-electron chi connectivity index (χ2n) is 3.46. The average molecular weight is 235 g/mol. The van der Waals surface area contributed by atoms with Gasteiger partial charge in [0.05, 0.1) is 0 Å². The summed E-state index contributed by atoms with van der Waals surface area (Å²) >= 11 is 5.78. The van der Waals surface area contributed by atoms with Crippen LogP contribution >= 0.6 is 11.6 Å². The van der Waals surface area contributed by atoms with Crippen molar-refractivity contribution in [2.75, 3.05) is 14.1 Å². The molecule has 82 valence electrons. The Morgan fingerprint density at radius 1 is 1.50 bits per heavy atom. The molecular formula is C12H11ClN2O. The fraction of sp³-hybridized carbons (Fsp3) is 0.167. The van der Waals surface area contributed by atoms with Crippen molar-refractivity contribution >= 4 is 17.4 Å². The molecule has 0 fully saturated rings. The quantitative estimate of drug-likeness (QED) is 0.459. The highest BCUT2D eigenvalue weighted by atomic mass is 35.5. The summed E-state index contributed by atoms with van der Waals surface area (Å²) in [6.07, 6.45) is 1.49. The first kappa shape index (κ1) is 12.3. The topological polar surface area (TPSA) is 44.1 Å². The van der Waals surface area contributed by atoms with Crippen LogP contribution in [0.4, 0.5) is 0 Å². The van der Waals surface area contributed by atoms with E-state index in [2.05, 4.69) is 0 Å². The Bertz CT molecular complexity index is 472. The summed E-state index contributed by atoms with van der Waals surface area (Å²) in [5, 5.41) is 9.36. The van der Waals surface area contributed by atoms with Gasteiger partial charge in [0.25, 0.3) is 0 Å². The van der Waals surface area contributed by atoms with Crippen LogP contribution in [0, 0.1) is 11.3 Å². The van der Waals surface area contributed by atoms with E-state index in [4.69, 9.17) is 16.9 Å². The van der Waals surface area contributed by atoms with Gasteiger partial charge >= 0.3 is 0 Å². The highest BCUT2D eigenvalue weighted by molar-refractivity contribution is 6.31. The third-order valence-electron chi connectivity index (χ3n) is 1.84. The van der Waals surface area contributed by atoms with Gasteiger partial charge in [0.1, 0.15) is 11.6 Å². The minimum atomic E-state index is -0.321. The summed E-state index contributed by atoms with van der Waals surface area (Å²) in [4.78, 5) is 13.5. The monoisotopic (exact) mass is 234 g/mol. The third-order valence-corrected chi connectivity index (χ3v) is 2.07. The number of hydrogen-bond donors (Lipinski definition) is 0. The molecule has 1 aromatic rings. The summed E-state index contributed by atoms with van der Waals surface area (Å²) in [6, 6.07) is 8.42. The Labute approximate surface area is 99.5 Å². The Balaban J connectivity index is 3.07. The van der Waals surface area contributed by atoms with Crippen LogP contribution in [0.1, 0.15) is 10.4 Å². The van der Waals surface area contributed by atoms with Crippen LogP contribution in [0.5, 0.6) is 0 Å². The molecule has 1 rings (SSSR count). The van der Waals surface area contributed by atoms with E-state index in [0.29, 0.717) is 10.6 Å². The number of allylic oxidation sites excluding steroid dienone is 1. The predicted octanol–water partition coefficient (Wildman–Crippen LogP) is 2.49. The number of hydrogen-bond acceptors (Lipinski definition) is 3. The third kappa shape index (κ3) is 3.11. The molecule has 4 heteroatoms. The number of halogens is 1. The van der Waals surface area contributed by atoms with Gasteiger partial charge in [-0.3, -0.25) is 4.79 Å². The van der Waals surface area contributed by atoms with Crippen molar-refractivity contribution < 1.29 is 4.79 Å². The van der Waals surface area contributed by atoms with Crippen molar-refractivity contribution in [1.82, 2.24) is 4.90 Å². The van der Waals surface area contributed by atoms with E-state index in [1.54, 1.807) is 43.3 Å². The number of nitrogens with zero attached hydrogens (tertiary/aromatic N) is 2. The summed E-state index contributed by atoms with van der Waals surface area (Å²) in [5.74, 6) is -0.321. The fourth-order valence-electron chi connectivity index (χ4n) is 1.18. The Hall–Kier alpha value is -1.79. The Kier molecular flexibility index (Phi) is 4.10. The van der Waals surface area contributed by atoms with Crippen molar-refractivity contribution in [2.24, 2.45) is 0 Å². The highest BCUT2D eigenvalue weighted by Crippen LogP contribution is 2.14. The minimum Gasteiger partial charge on any atom is -0.382 e. The van der Waals surface area contributed by atoms with E-state index in [-0.39, 0.29) is 11.4 Å². The molecule has 3 nitrogen and oxygen atoms in total. The van der Waals surface area contributed by atoms with Crippen LogP contribution in [-0.2, 0) is 0 Å². The second-order valence-corrected chi connectivity index (χ2v) is 3.89. The molecule has 0 unspecified atom stereocenters. The number of benzene rings is 1. The molecule has 0 saturated carbocycles. The molecule has 16 heavy (non-hydrogen) atoms. The summed E-state index contributed by atoms with van der Waals surface area (Å²) in [5.41, 5.74) is 0.509.